The van der Waals surface area contributed by atoms with Gasteiger partial charge in [0.25, 0.3) is 5.91 Å². The summed E-state index contributed by atoms with van der Waals surface area (Å²) in [5, 5.41) is 6.09. The normalized spacial score (nSPS) is 16.3. The van der Waals surface area contributed by atoms with E-state index in [0.29, 0.717) is 12.2 Å². The Bertz CT molecular complexity index is 735. The van der Waals surface area contributed by atoms with Crippen molar-refractivity contribution in [3.05, 3.63) is 54.1 Å². The Balaban J connectivity index is 1.58. The third kappa shape index (κ3) is 4.36. The van der Waals surface area contributed by atoms with Crippen LogP contribution in [0.3, 0.4) is 0 Å². The van der Waals surface area contributed by atoms with E-state index in [4.69, 9.17) is 4.74 Å². The summed E-state index contributed by atoms with van der Waals surface area (Å²) in [6.07, 6.45) is 1.36. The van der Waals surface area contributed by atoms with E-state index < -0.39 is 0 Å². The first kappa shape index (κ1) is 17.0. The summed E-state index contributed by atoms with van der Waals surface area (Å²) in [7, 11) is 1.35. The highest BCUT2D eigenvalue weighted by molar-refractivity contribution is 5.94. The van der Waals surface area contributed by atoms with E-state index in [1.165, 1.54) is 7.11 Å². The minimum absolute atomic E-state index is 0.100. The average molecular weight is 340 g/mol. The van der Waals surface area contributed by atoms with Gasteiger partial charge in [0, 0.05) is 23.7 Å². The molecule has 1 unspecified atom stereocenters. The van der Waals surface area contributed by atoms with Gasteiger partial charge in [0.2, 0.25) is 0 Å². The standard InChI is InChI=1S/C19H20N2O4/c1-24-19(23)13-4-6-14(7-5-13)20-15-8-10-16(11-9-15)21-18(22)17-3-2-12-25-17/h4-11,17,20H,2-3,12H2,1H3,(H,21,22). The van der Waals surface area contributed by atoms with Crippen molar-refractivity contribution < 1.29 is 19.1 Å². The molecule has 0 aliphatic carbocycles. The van der Waals surface area contributed by atoms with Gasteiger partial charge in [-0.3, -0.25) is 4.79 Å². The van der Waals surface area contributed by atoms with E-state index in [1.807, 2.05) is 24.3 Å². The number of hydrogen-bond donors (Lipinski definition) is 2. The highest BCUT2D eigenvalue weighted by atomic mass is 16.5. The van der Waals surface area contributed by atoms with Gasteiger partial charge in [-0.1, -0.05) is 0 Å². The number of benzene rings is 2. The largest absolute Gasteiger partial charge is 0.465 e. The monoisotopic (exact) mass is 340 g/mol. The van der Waals surface area contributed by atoms with E-state index in [1.54, 1.807) is 24.3 Å². The fourth-order valence-electron chi connectivity index (χ4n) is 2.62. The summed E-state index contributed by atoms with van der Waals surface area (Å²) in [4.78, 5) is 23.4. The Labute approximate surface area is 146 Å². The van der Waals surface area contributed by atoms with Gasteiger partial charge in [-0.2, -0.15) is 0 Å². The topological polar surface area (TPSA) is 76.7 Å². The number of ether oxygens (including phenoxy) is 2. The van der Waals surface area contributed by atoms with Crippen LogP contribution in [0.2, 0.25) is 0 Å². The van der Waals surface area contributed by atoms with Gasteiger partial charge >= 0.3 is 5.97 Å². The maximum atomic E-state index is 12.0. The lowest BCUT2D eigenvalue weighted by Crippen LogP contribution is -2.26. The van der Waals surface area contributed by atoms with Crippen molar-refractivity contribution in [1.82, 2.24) is 0 Å². The van der Waals surface area contributed by atoms with Crippen molar-refractivity contribution in [1.29, 1.82) is 0 Å². The molecule has 3 rings (SSSR count). The van der Waals surface area contributed by atoms with Gasteiger partial charge in [-0.05, 0) is 61.4 Å². The number of carbonyl (C=O) groups excluding carboxylic acids is 2. The van der Waals surface area contributed by atoms with Crippen LogP contribution >= 0.6 is 0 Å². The van der Waals surface area contributed by atoms with Crippen molar-refractivity contribution in [2.75, 3.05) is 24.4 Å². The molecule has 1 amide bonds. The number of esters is 1. The van der Waals surface area contributed by atoms with Crippen LogP contribution in [0.4, 0.5) is 17.1 Å². The molecule has 6 nitrogen and oxygen atoms in total. The number of carbonyl (C=O) groups is 2. The molecule has 130 valence electrons. The van der Waals surface area contributed by atoms with Crippen molar-refractivity contribution in [3.8, 4) is 0 Å². The van der Waals surface area contributed by atoms with Crippen LogP contribution in [0.15, 0.2) is 48.5 Å². The first-order valence-corrected chi connectivity index (χ1v) is 8.13. The Morgan fingerprint density at radius 2 is 1.60 bits per heavy atom. The summed E-state index contributed by atoms with van der Waals surface area (Å²) in [6.45, 7) is 0.649. The molecule has 1 fully saturated rings. The predicted molar refractivity (Wildman–Crippen MR) is 95.1 cm³/mol. The van der Waals surface area contributed by atoms with Gasteiger partial charge < -0.3 is 20.1 Å². The molecular weight excluding hydrogens is 320 g/mol. The molecule has 1 atom stereocenters. The second kappa shape index (κ2) is 7.81. The average Bonchev–Trinajstić information content (AvgIpc) is 3.18. The molecule has 2 aromatic rings. The third-order valence-electron chi connectivity index (χ3n) is 3.97. The second-order valence-electron chi connectivity index (χ2n) is 5.76. The molecule has 0 bridgehead atoms. The molecule has 2 aromatic carbocycles. The molecule has 1 aliphatic heterocycles. The van der Waals surface area contributed by atoms with E-state index in [2.05, 4.69) is 15.4 Å². The van der Waals surface area contributed by atoms with Gasteiger partial charge in [-0.15, -0.1) is 0 Å². The Hall–Kier alpha value is -2.86. The second-order valence-corrected chi connectivity index (χ2v) is 5.76. The van der Waals surface area contributed by atoms with Crippen LogP contribution in [0, 0.1) is 0 Å². The fourth-order valence-corrected chi connectivity index (χ4v) is 2.62. The number of methoxy groups -OCH3 is 1. The zero-order valence-electron chi connectivity index (χ0n) is 14.0. The number of rotatable bonds is 5. The van der Waals surface area contributed by atoms with Crippen LogP contribution in [0.1, 0.15) is 23.2 Å². The summed E-state index contributed by atoms with van der Waals surface area (Å²) in [6, 6.07) is 14.4. The fraction of sp³-hybridized carbons (Fsp3) is 0.263. The van der Waals surface area contributed by atoms with Crippen LogP contribution < -0.4 is 10.6 Å². The van der Waals surface area contributed by atoms with Gasteiger partial charge in [0.15, 0.2) is 0 Å². The Morgan fingerprint density at radius 1 is 1.00 bits per heavy atom. The van der Waals surface area contributed by atoms with E-state index in [9.17, 15) is 9.59 Å². The van der Waals surface area contributed by atoms with Crippen molar-refractivity contribution in [2.24, 2.45) is 0 Å². The summed E-state index contributed by atoms with van der Waals surface area (Å²) < 4.78 is 10.0. The van der Waals surface area contributed by atoms with Crippen LogP contribution in [0.25, 0.3) is 0 Å². The van der Waals surface area contributed by atoms with Crippen molar-refractivity contribution in [2.45, 2.75) is 18.9 Å². The predicted octanol–water partition coefficient (Wildman–Crippen LogP) is 3.33. The molecule has 2 N–H and O–H groups in total. The highest BCUT2D eigenvalue weighted by Gasteiger charge is 2.23. The quantitative estimate of drug-likeness (QED) is 0.817. The molecule has 0 aromatic heterocycles. The molecule has 0 saturated carbocycles. The number of amides is 1. The SMILES string of the molecule is COC(=O)c1ccc(Nc2ccc(NC(=O)C3CCCO3)cc2)cc1. The molecule has 1 heterocycles. The van der Waals surface area contributed by atoms with Crippen molar-refractivity contribution >= 4 is 28.9 Å². The van der Waals surface area contributed by atoms with E-state index in [0.717, 1.165) is 29.9 Å². The number of nitrogens with one attached hydrogen (secondary N) is 2. The lowest BCUT2D eigenvalue weighted by atomic mass is 10.2. The maximum absolute atomic E-state index is 12.0. The molecule has 0 radical (unpaired) electrons. The van der Waals surface area contributed by atoms with Crippen LogP contribution in [-0.2, 0) is 14.3 Å². The maximum Gasteiger partial charge on any atom is 0.337 e. The zero-order chi connectivity index (χ0) is 17.6. The summed E-state index contributed by atoms with van der Waals surface area (Å²) in [5.74, 6) is -0.463. The minimum Gasteiger partial charge on any atom is -0.465 e. The van der Waals surface area contributed by atoms with Gasteiger partial charge in [-0.25, -0.2) is 4.79 Å². The smallest absolute Gasteiger partial charge is 0.337 e. The Kier molecular flexibility index (Phi) is 5.30. The third-order valence-corrected chi connectivity index (χ3v) is 3.97. The molecule has 0 spiro atoms. The van der Waals surface area contributed by atoms with Gasteiger partial charge in [0.05, 0.1) is 12.7 Å². The number of anilines is 3. The van der Waals surface area contributed by atoms with Crippen LogP contribution in [0.5, 0.6) is 0 Å². The van der Waals surface area contributed by atoms with Gasteiger partial charge in [0.1, 0.15) is 6.10 Å². The number of hydrogen-bond acceptors (Lipinski definition) is 5. The molecule has 25 heavy (non-hydrogen) atoms. The molecule has 6 heteroatoms. The van der Waals surface area contributed by atoms with E-state index in [-0.39, 0.29) is 18.0 Å². The first-order chi connectivity index (χ1) is 12.2. The molecular formula is C19H20N2O4. The highest BCUT2D eigenvalue weighted by Crippen LogP contribution is 2.21. The zero-order valence-corrected chi connectivity index (χ0v) is 14.0. The summed E-state index contributed by atoms with van der Waals surface area (Å²) >= 11 is 0. The lowest BCUT2D eigenvalue weighted by Gasteiger charge is -2.11. The summed E-state index contributed by atoms with van der Waals surface area (Å²) in [5.41, 5.74) is 2.96. The molecule has 1 saturated heterocycles. The van der Waals surface area contributed by atoms with Crippen LogP contribution in [-0.4, -0.2) is 31.7 Å². The Morgan fingerprint density at radius 3 is 2.16 bits per heavy atom. The molecule has 1 aliphatic rings. The lowest BCUT2D eigenvalue weighted by molar-refractivity contribution is -0.124. The van der Waals surface area contributed by atoms with E-state index >= 15 is 0 Å². The van der Waals surface area contributed by atoms with Crippen molar-refractivity contribution in [3.63, 3.8) is 0 Å². The first-order valence-electron chi connectivity index (χ1n) is 8.13. The minimum atomic E-state index is -0.363.